The number of hydrogen-bond donors (Lipinski definition) is 4. The van der Waals surface area contributed by atoms with Gasteiger partial charge >= 0.3 is 11.7 Å². The van der Waals surface area contributed by atoms with Crippen LogP contribution >= 0.6 is 0 Å². The van der Waals surface area contributed by atoms with E-state index in [9.17, 15) is 34.5 Å². The van der Waals surface area contributed by atoms with E-state index in [1.165, 1.54) is 37.9 Å². The van der Waals surface area contributed by atoms with Gasteiger partial charge in [-0.15, -0.1) is 6.58 Å². The number of carbonyl (C=O) groups excluding carboxylic acids is 2. The fraction of sp³-hybridized carbons (Fsp3) is 0.719. The maximum absolute atomic E-state index is 13.6. The van der Waals surface area contributed by atoms with Gasteiger partial charge in [0.05, 0.1) is 24.1 Å². The molecule has 0 bridgehead atoms. The molecule has 0 aromatic carbocycles. The molecule has 3 fully saturated rings. The Morgan fingerprint density at radius 3 is 2.40 bits per heavy atom. The molecule has 2 aromatic rings. The number of ketones is 1. The van der Waals surface area contributed by atoms with Gasteiger partial charge in [0.15, 0.2) is 23.1 Å². The number of esters is 1. The standard InChI is InChI=1S/C22H34O7.C10H14N4O2/c1-8-19(5)11-14(25)22(27)20(6)13(24)9-10-18(3,4)16(20)15(26)17(28-12(2)23)21(22,7)29-19;1-6(2)4-14-8-7(11-5-12-8)9(15)13(3)10(14)16/h8,13,15-17,24,26-27H,1,9-11H2,2-7H3;5-6H,4H2,1-3H3,(H,11,12)/t13-,15-,16-,17-,19-,20-,21+,22-;/m0./s1. The molecule has 4 N–H and O–H groups in total. The third kappa shape index (κ3) is 5.02. The van der Waals surface area contributed by atoms with Crippen molar-refractivity contribution in [2.75, 3.05) is 0 Å². The lowest BCUT2D eigenvalue weighted by molar-refractivity contribution is -0.370. The van der Waals surface area contributed by atoms with Crippen LogP contribution in [-0.2, 0) is 32.7 Å². The van der Waals surface area contributed by atoms with E-state index in [4.69, 9.17) is 9.47 Å². The Balaban J connectivity index is 0.000000242. The Bertz CT molecular complexity index is 1620. The van der Waals surface area contributed by atoms with Crippen LogP contribution in [0.25, 0.3) is 11.2 Å². The molecule has 2 aliphatic carbocycles. The smallest absolute Gasteiger partial charge is 0.332 e. The van der Waals surface area contributed by atoms with Crippen LogP contribution in [0, 0.1) is 22.7 Å². The molecule has 13 heteroatoms. The lowest BCUT2D eigenvalue weighted by Crippen LogP contribution is -2.86. The van der Waals surface area contributed by atoms with Gasteiger partial charge in [-0.2, -0.15) is 0 Å². The van der Waals surface area contributed by atoms with Crippen LogP contribution in [0.2, 0.25) is 0 Å². The lowest BCUT2D eigenvalue weighted by atomic mass is 9.40. The molecule has 45 heavy (non-hydrogen) atoms. The summed E-state index contributed by atoms with van der Waals surface area (Å²) in [6.07, 6.45) is 0.139. The molecule has 8 atom stereocenters. The van der Waals surface area contributed by atoms with Crippen molar-refractivity contribution in [3.8, 4) is 0 Å². The summed E-state index contributed by atoms with van der Waals surface area (Å²) in [4.78, 5) is 55.9. The van der Waals surface area contributed by atoms with Crippen LogP contribution in [0.3, 0.4) is 0 Å². The number of aliphatic hydroxyl groups excluding tert-OH is 2. The summed E-state index contributed by atoms with van der Waals surface area (Å²) < 4.78 is 14.4. The highest BCUT2D eigenvalue weighted by atomic mass is 16.6. The number of imidazole rings is 1. The second-order valence-corrected chi connectivity index (χ2v) is 14.6. The van der Waals surface area contributed by atoms with Crippen molar-refractivity contribution in [1.82, 2.24) is 19.1 Å². The summed E-state index contributed by atoms with van der Waals surface area (Å²) in [5, 5.41) is 34.7. The number of aromatic amines is 1. The molecule has 1 aliphatic heterocycles. The van der Waals surface area contributed by atoms with E-state index in [0.29, 0.717) is 36.5 Å². The highest BCUT2D eigenvalue weighted by Crippen LogP contribution is 2.67. The van der Waals surface area contributed by atoms with E-state index in [1.807, 2.05) is 27.7 Å². The Morgan fingerprint density at radius 1 is 1.22 bits per heavy atom. The Kier molecular flexibility index (Phi) is 8.71. The topological polar surface area (TPSA) is 186 Å². The minimum atomic E-state index is -2.18. The van der Waals surface area contributed by atoms with E-state index in [2.05, 4.69) is 16.5 Å². The number of ether oxygens (including phenoxy) is 2. The van der Waals surface area contributed by atoms with Crippen molar-refractivity contribution >= 4 is 22.9 Å². The Labute approximate surface area is 262 Å². The molecule has 0 spiro atoms. The average Bonchev–Trinajstić information content (AvgIpc) is 3.43. The first-order valence-corrected chi connectivity index (χ1v) is 15.4. The van der Waals surface area contributed by atoms with Crippen LogP contribution in [-0.4, -0.2) is 81.3 Å². The third-order valence-corrected chi connectivity index (χ3v) is 10.5. The molecule has 2 saturated carbocycles. The number of aromatic nitrogens is 4. The summed E-state index contributed by atoms with van der Waals surface area (Å²) in [7, 11) is 1.47. The van der Waals surface area contributed by atoms with Gasteiger partial charge in [-0.25, -0.2) is 9.78 Å². The summed E-state index contributed by atoms with van der Waals surface area (Å²) in [5.41, 5.74) is -6.85. The van der Waals surface area contributed by atoms with Gasteiger partial charge in [0.25, 0.3) is 5.56 Å². The van der Waals surface area contributed by atoms with Gasteiger partial charge in [-0.05, 0) is 38.0 Å². The number of nitrogens with one attached hydrogen (secondary N) is 1. The zero-order valence-corrected chi connectivity index (χ0v) is 27.7. The molecular weight excluding hydrogens is 584 g/mol. The van der Waals surface area contributed by atoms with Crippen LogP contribution in [0.15, 0.2) is 28.6 Å². The first-order valence-electron chi connectivity index (χ1n) is 15.4. The summed E-state index contributed by atoms with van der Waals surface area (Å²) >= 11 is 0. The molecule has 1 saturated heterocycles. The van der Waals surface area contributed by atoms with E-state index >= 15 is 0 Å². The highest BCUT2D eigenvalue weighted by molar-refractivity contribution is 5.92. The molecular formula is C32H48N4O9. The lowest BCUT2D eigenvalue weighted by Gasteiger charge is -2.71. The number of carbonyl (C=O) groups is 2. The molecule has 3 aliphatic rings. The maximum Gasteiger partial charge on any atom is 0.332 e. The third-order valence-electron chi connectivity index (χ3n) is 10.5. The van der Waals surface area contributed by atoms with E-state index in [-0.39, 0.29) is 17.7 Å². The molecule has 2 aromatic heterocycles. The molecule has 13 nitrogen and oxygen atoms in total. The van der Waals surface area contributed by atoms with Crippen molar-refractivity contribution in [2.45, 2.75) is 116 Å². The van der Waals surface area contributed by atoms with E-state index < -0.39 is 63.6 Å². The van der Waals surface area contributed by atoms with Gasteiger partial charge in [-0.3, -0.25) is 23.5 Å². The minimum absolute atomic E-state index is 0.138. The molecule has 250 valence electrons. The van der Waals surface area contributed by atoms with Crippen LogP contribution in [0.1, 0.15) is 74.7 Å². The van der Waals surface area contributed by atoms with Crippen molar-refractivity contribution in [3.05, 3.63) is 39.8 Å². The molecule has 5 rings (SSSR count). The molecule has 0 unspecified atom stereocenters. The SMILES string of the molecule is C=C[C@@]1(C)CC(=O)[C@]2(O)[C@@]3(C)[C@@H](O)CCC(C)(C)[C@@H]3[C@H](O)[C@H](OC(C)=O)[C@@]2(C)O1.CC(C)Cn1c(=O)n(C)c(=O)c2[nH]cnc21. The normalized spacial score (nSPS) is 37.3. The second kappa shape index (κ2) is 11.3. The summed E-state index contributed by atoms with van der Waals surface area (Å²) in [6, 6.07) is 0. The van der Waals surface area contributed by atoms with Gasteiger partial charge in [-0.1, -0.05) is 40.7 Å². The number of fused-ring (bicyclic) bond motifs is 4. The number of nitrogens with zero attached hydrogens (tertiary/aromatic N) is 3. The molecule has 0 amide bonds. The van der Waals surface area contributed by atoms with E-state index in [1.54, 1.807) is 13.8 Å². The monoisotopic (exact) mass is 632 g/mol. The number of aliphatic hydroxyl groups is 3. The van der Waals surface area contributed by atoms with Crippen molar-refractivity contribution in [3.63, 3.8) is 0 Å². The molecule has 0 radical (unpaired) electrons. The molecule has 3 heterocycles. The largest absolute Gasteiger partial charge is 0.457 e. The van der Waals surface area contributed by atoms with Crippen molar-refractivity contribution in [1.29, 1.82) is 0 Å². The van der Waals surface area contributed by atoms with Gasteiger partial charge in [0.1, 0.15) is 11.1 Å². The highest BCUT2D eigenvalue weighted by Gasteiger charge is 2.81. The summed E-state index contributed by atoms with van der Waals surface area (Å²) in [6.45, 7) is 18.2. The number of hydrogen-bond acceptors (Lipinski definition) is 10. The fourth-order valence-corrected chi connectivity index (χ4v) is 8.36. The number of rotatable bonds is 4. The predicted molar refractivity (Wildman–Crippen MR) is 165 cm³/mol. The van der Waals surface area contributed by atoms with Crippen LogP contribution in [0.4, 0.5) is 0 Å². The fourth-order valence-electron chi connectivity index (χ4n) is 8.36. The van der Waals surface area contributed by atoms with Crippen LogP contribution in [0.5, 0.6) is 0 Å². The quantitative estimate of drug-likeness (QED) is 0.285. The number of Topliss-reactive ketones (excluding diaryl/α,β-unsaturated/α-hetero) is 1. The first kappa shape index (κ1) is 34.7. The number of H-pyrrole nitrogens is 1. The Morgan fingerprint density at radius 2 is 1.84 bits per heavy atom. The minimum Gasteiger partial charge on any atom is -0.457 e. The van der Waals surface area contributed by atoms with Crippen molar-refractivity contribution < 1.29 is 34.4 Å². The van der Waals surface area contributed by atoms with Gasteiger partial charge < -0.3 is 29.8 Å². The first-order chi connectivity index (χ1) is 20.6. The average molecular weight is 633 g/mol. The van der Waals surface area contributed by atoms with E-state index in [0.717, 1.165) is 4.57 Å². The predicted octanol–water partition coefficient (Wildman–Crippen LogP) is 1.60. The van der Waals surface area contributed by atoms with Gasteiger partial charge in [0.2, 0.25) is 0 Å². The van der Waals surface area contributed by atoms with Crippen LogP contribution < -0.4 is 11.2 Å². The zero-order chi connectivity index (χ0) is 34.1. The second-order valence-electron chi connectivity index (χ2n) is 14.6. The van der Waals surface area contributed by atoms with Gasteiger partial charge in [0, 0.05) is 38.3 Å². The summed E-state index contributed by atoms with van der Waals surface area (Å²) in [5.74, 6) is -1.56. The zero-order valence-electron chi connectivity index (χ0n) is 27.7. The van der Waals surface area contributed by atoms with Crippen molar-refractivity contribution in [2.24, 2.45) is 29.7 Å². The maximum atomic E-state index is 13.6. The Hall–Kier alpha value is -3.13.